The molecule has 114 valence electrons. The van der Waals surface area contributed by atoms with E-state index in [4.69, 9.17) is 0 Å². The van der Waals surface area contributed by atoms with E-state index in [2.05, 4.69) is 15.5 Å². The molecule has 0 radical (unpaired) electrons. The van der Waals surface area contributed by atoms with E-state index in [1.54, 1.807) is 17.5 Å². The number of hydrogen-bond acceptors (Lipinski definition) is 4. The van der Waals surface area contributed by atoms with Crippen LogP contribution in [0.15, 0.2) is 23.7 Å². The summed E-state index contributed by atoms with van der Waals surface area (Å²) in [4.78, 5) is 12.6. The van der Waals surface area contributed by atoms with Gasteiger partial charge in [0.05, 0.1) is 22.2 Å². The molecule has 0 fully saturated rings. The molecule has 2 heterocycles. The molecule has 5 nitrogen and oxygen atoms in total. The molecule has 2 aromatic heterocycles. The molecule has 6 heteroatoms. The maximum atomic E-state index is 11.5. The maximum absolute atomic E-state index is 11.5. The van der Waals surface area contributed by atoms with Crippen LogP contribution in [0.4, 0.5) is 0 Å². The summed E-state index contributed by atoms with van der Waals surface area (Å²) in [5.41, 5.74) is 1.38. The number of aliphatic carboxylic acids is 1. The van der Waals surface area contributed by atoms with E-state index in [1.165, 1.54) is 0 Å². The highest BCUT2D eigenvalue weighted by Crippen LogP contribution is 2.27. The summed E-state index contributed by atoms with van der Waals surface area (Å²) >= 11 is 1.65. The summed E-state index contributed by atoms with van der Waals surface area (Å²) in [6, 6.07) is 4.04. The van der Waals surface area contributed by atoms with Crippen LogP contribution in [0, 0.1) is 5.41 Å². The number of nitrogens with zero attached hydrogens (tertiary/aromatic N) is 1. The molecule has 21 heavy (non-hydrogen) atoms. The number of carbonyl (C=O) groups is 1. The number of H-pyrrole nitrogens is 1. The van der Waals surface area contributed by atoms with Gasteiger partial charge < -0.3 is 10.4 Å². The molecule has 0 aliphatic rings. The van der Waals surface area contributed by atoms with Gasteiger partial charge in [-0.3, -0.25) is 9.89 Å². The molecule has 0 aliphatic heterocycles. The van der Waals surface area contributed by atoms with Crippen LogP contribution in [0.5, 0.6) is 0 Å². The van der Waals surface area contributed by atoms with Crippen LogP contribution in [0.1, 0.15) is 32.3 Å². The fraction of sp³-hybridized carbons (Fsp3) is 0.467. The van der Waals surface area contributed by atoms with Crippen LogP contribution in [-0.4, -0.2) is 27.8 Å². The number of rotatable bonds is 8. The van der Waals surface area contributed by atoms with Crippen molar-refractivity contribution in [1.29, 1.82) is 0 Å². The van der Waals surface area contributed by atoms with Crippen LogP contribution < -0.4 is 5.32 Å². The number of aromatic nitrogens is 2. The van der Waals surface area contributed by atoms with Crippen molar-refractivity contribution >= 4 is 17.3 Å². The Bertz CT molecular complexity index is 574. The number of carboxylic acids is 1. The highest BCUT2D eigenvalue weighted by atomic mass is 32.1. The summed E-state index contributed by atoms with van der Waals surface area (Å²) in [6.45, 7) is 4.92. The van der Waals surface area contributed by atoms with Crippen molar-refractivity contribution in [2.24, 2.45) is 5.41 Å². The molecule has 0 bridgehead atoms. The topological polar surface area (TPSA) is 78.0 Å². The number of nitrogens with one attached hydrogen (secondary N) is 2. The van der Waals surface area contributed by atoms with Gasteiger partial charge in [-0.25, -0.2) is 0 Å². The van der Waals surface area contributed by atoms with Gasteiger partial charge in [-0.05, 0) is 24.3 Å². The molecule has 0 unspecified atom stereocenters. The molecule has 0 atom stereocenters. The first kappa shape index (κ1) is 15.7. The lowest BCUT2D eigenvalue weighted by Gasteiger charge is -2.26. The third kappa shape index (κ3) is 3.33. The normalized spacial score (nSPS) is 11.7. The van der Waals surface area contributed by atoms with Crippen LogP contribution >= 0.6 is 11.3 Å². The van der Waals surface area contributed by atoms with Crippen LogP contribution in [0.25, 0.3) is 10.6 Å². The van der Waals surface area contributed by atoms with E-state index in [-0.39, 0.29) is 0 Å². The van der Waals surface area contributed by atoms with Gasteiger partial charge in [-0.1, -0.05) is 19.9 Å². The van der Waals surface area contributed by atoms with Gasteiger partial charge in [0.1, 0.15) is 0 Å². The molecule has 2 rings (SSSR count). The molecule has 3 N–H and O–H groups in total. The summed E-state index contributed by atoms with van der Waals surface area (Å²) in [5, 5.41) is 21.8. The predicted octanol–water partition coefficient (Wildman–Crippen LogP) is 3.12. The molecular weight excluding hydrogens is 286 g/mol. The van der Waals surface area contributed by atoms with E-state index in [0.717, 1.165) is 16.1 Å². The van der Waals surface area contributed by atoms with Crippen molar-refractivity contribution in [1.82, 2.24) is 15.5 Å². The highest BCUT2D eigenvalue weighted by Gasteiger charge is 2.34. The lowest BCUT2D eigenvalue weighted by molar-refractivity contribution is -0.149. The Morgan fingerprint density at radius 2 is 2.24 bits per heavy atom. The SMILES string of the molecule is CCC(CC)(CNCc1cn[nH]c1-c1cccs1)C(=O)O. The number of thiophene rings is 1. The van der Waals surface area contributed by atoms with Crippen LogP contribution in [-0.2, 0) is 11.3 Å². The molecule has 0 spiro atoms. The highest BCUT2D eigenvalue weighted by molar-refractivity contribution is 7.13. The van der Waals surface area contributed by atoms with Crippen molar-refractivity contribution in [2.75, 3.05) is 6.54 Å². The van der Waals surface area contributed by atoms with Gasteiger partial charge in [0, 0.05) is 18.7 Å². The second-order valence-electron chi connectivity index (χ2n) is 5.14. The third-order valence-corrected chi connectivity index (χ3v) is 4.96. The zero-order valence-electron chi connectivity index (χ0n) is 12.3. The largest absolute Gasteiger partial charge is 0.481 e. The molecule has 2 aromatic rings. The quantitative estimate of drug-likeness (QED) is 0.700. The van der Waals surface area contributed by atoms with Gasteiger partial charge in [0.15, 0.2) is 0 Å². The van der Waals surface area contributed by atoms with Crippen LogP contribution in [0.3, 0.4) is 0 Å². The zero-order valence-corrected chi connectivity index (χ0v) is 13.2. The Labute approximate surface area is 128 Å². The Balaban J connectivity index is 2.01. The van der Waals surface area contributed by atoms with Gasteiger partial charge in [0.2, 0.25) is 0 Å². The van der Waals surface area contributed by atoms with Gasteiger partial charge in [-0.15, -0.1) is 11.3 Å². The minimum Gasteiger partial charge on any atom is -0.481 e. The number of aromatic amines is 1. The average Bonchev–Trinajstić information content (AvgIpc) is 3.14. The second kappa shape index (κ2) is 6.87. The lowest BCUT2D eigenvalue weighted by Crippen LogP contribution is -2.40. The Kier molecular flexibility index (Phi) is 5.14. The van der Waals surface area contributed by atoms with Crippen molar-refractivity contribution in [3.8, 4) is 10.6 Å². The molecule has 0 saturated heterocycles. The fourth-order valence-corrected chi connectivity index (χ4v) is 3.15. The monoisotopic (exact) mass is 307 g/mol. The summed E-state index contributed by atoms with van der Waals surface area (Å²) in [5.74, 6) is -0.731. The average molecular weight is 307 g/mol. The van der Waals surface area contributed by atoms with E-state index < -0.39 is 11.4 Å². The number of carboxylic acid groups (broad SMARTS) is 1. The van der Waals surface area contributed by atoms with Gasteiger partial charge in [0.25, 0.3) is 0 Å². The van der Waals surface area contributed by atoms with E-state index >= 15 is 0 Å². The third-order valence-electron chi connectivity index (χ3n) is 4.07. The van der Waals surface area contributed by atoms with E-state index in [1.807, 2.05) is 31.4 Å². The van der Waals surface area contributed by atoms with Crippen molar-refractivity contribution in [3.63, 3.8) is 0 Å². The Morgan fingerprint density at radius 3 is 2.81 bits per heavy atom. The molecule has 0 amide bonds. The first-order valence-electron chi connectivity index (χ1n) is 7.13. The predicted molar refractivity (Wildman–Crippen MR) is 84.3 cm³/mol. The van der Waals surface area contributed by atoms with Gasteiger partial charge in [-0.2, -0.15) is 5.10 Å². The standard InChI is InChI=1S/C15H21N3O2S/c1-3-15(4-2,14(19)20)10-16-8-11-9-17-18-13(11)12-6-5-7-21-12/h5-7,9,16H,3-4,8,10H2,1-2H3,(H,17,18)(H,19,20). The first-order valence-corrected chi connectivity index (χ1v) is 8.01. The first-order chi connectivity index (χ1) is 10.1. The smallest absolute Gasteiger partial charge is 0.310 e. The lowest BCUT2D eigenvalue weighted by atomic mass is 9.82. The second-order valence-corrected chi connectivity index (χ2v) is 6.09. The summed E-state index contributed by atoms with van der Waals surface area (Å²) < 4.78 is 0. The van der Waals surface area contributed by atoms with Crippen molar-refractivity contribution < 1.29 is 9.90 Å². The Morgan fingerprint density at radius 1 is 1.48 bits per heavy atom. The number of hydrogen-bond donors (Lipinski definition) is 3. The molecular formula is C15H21N3O2S. The summed E-state index contributed by atoms with van der Waals surface area (Å²) in [7, 11) is 0. The molecule has 0 saturated carbocycles. The minimum atomic E-state index is -0.731. The Hall–Kier alpha value is -1.66. The van der Waals surface area contributed by atoms with Crippen molar-refractivity contribution in [3.05, 3.63) is 29.3 Å². The van der Waals surface area contributed by atoms with Crippen molar-refractivity contribution in [2.45, 2.75) is 33.2 Å². The van der Waals surface area contributed by atoms with Crippen LogP contribution in [0.2, 0.25) is 0 Å². The summed E-state index contributed by atoms with van der Waals surface area (Å²) in [6.07, 6.45) is 3.03. The van der Waals surface area contributed by atoms with E-state index in [9.17, 15) is 9.90 Å². The maximum Gasteiger partial charge on any atom is 0.310 e. The fourth-order valence-electron chi connectivity index (χ4n) is 2.39. The molecule has 0 aromatic carbocycles. The zero-order chi connectivity index (χ0) is 15.3. The van der Waals surface area contributed by atoms with Gasteiger partial charge >= 0.3 is 5.97 Å². The van der Waals surface area contributed by atoms with E-state index in [0.29, 0.717) is 25.9 Å². The molecule has 0 aliphatic carbocycles. The minimum absolute atomic E-state index is 0.463.